The Morgan fingerprint density at radius 2 is 1.92 bits per heavy atom. The maximum Gasteiger partial charge on any atom is 0.182 e. The third kappa shape index (κ3) is 1.58. The standard InChI is InChI=1S/C20H24N2O2/c1-19(2)11-8-12-16(22-19)17(24)15-10-6-4-5-7-13(10)21-18(15)20(12,3)9-14(11)23/h4-7,11-12,14,16,21-23H,8-9H2,1-3H3/t11-,12-,14-,16+,20-/m1/s1. The fourth-order valence-electron chi connectivity index (χ4n) is 5.82. The van der Waals surface area contributed by atoms with Gasteiger partial charge in [0.2, 0.25) is 0 Å². The molecule has 5 rings (SSSR count). The average molecular weight is 324 g/mol. The molecule has 1 saturated carbocycles. The molecule has 1 aliphatic heterocycles. The number of carbonyl (C=O) groups excluding carboxylic acids is 1. The molecule has 126 valence electrons. The van der Waals surface area contributed by atoms with Crippen molar-refractivity contribution >= 4 is 16.7 Å². The summed E-state index contributed by atoms with van der Waals surface area (Å²) in [5, 5.41) is 15.5. The molecule has 1 aromatic heterocycles. The first-order valence-electron chi connectivity index (χ1n) is 8.94. The number of aromatic nitrogens is 1. The van der Waals surface area contributed by atoms with Gasteiger partial charge in [-0.3, -0.25) is 4.79 Å². The van der Waals surface area contributed by atoms with Crippen molar-refractivity contribution in [3.8, 4) is 0 Å². The van der Waals surface area contributed by atoms with E-state index in [4.69, 9.17) is 0 Å². The van der Waals surface area contributed by atoms with E-state index in [1.807, 2.05) is 24.3 Å². The number of rotatable bonds is 0. The van der Waals surface area contributed by atoms with E-state index >= 15 is 0 Å². The number of carbonyl (C=O) groups is 1. The number of fused-ring (bicyclic) bond motifs is 5. The zero-order chi connectivity index (χ0) is 16.9. The van der Waals surface area contributed by atoms with Crippen molar-refractivity contribution in [2.45, 2.75) is 56.7 Å². The van der Waals surface area contributed by atoms with Gasteiger partial charge < -0.3 is 15.4 Å². The summed E-state index contributed by atoms with van der Waals surface area (Å²) in [7, 11) is 0. The minimum absolute atomic E-state index is 0.152. The average Bonchev–Trinajstić information content (AvgIpc) is 2.92. The first kappa shape index (κ1) is 14.7. The van der Waals surface area contributed by atoms with E-state index in [1.54, 1.807) is 0 Å². The minimum Gasteiger partial charge on any atom is -0.393 e. The molecule has 0 radical (unpaired) electrons. The normalized spacial score (nSPS) is 39.8. The summed E-state index contributed by atoms with van der Waals surface area (Å²) in [6.07, 6.45) is 1.28. The molecule has 0 amide bonds. The van der Waals surface area contributed by atoms with E-state index in [9.17, 15) is 9.90 Å². The second kappa shape index (κ2) is 4.30. The van der Waals surface area contributed by atoms with Gasteiger partial charge in [0.05, 0.1) is 12.1 Å². The second-order valence-electron chi connectivity index (χ2n) is 8.77. The van der Waals surface area contributed by atoms with Crippen LogP contribution < -0.4 is 5.32 Å². The van der Waals surface area contributed by atoms with Crippen LogP contribution in [-0.4, -0.2) is 33.6 Å². The first-order chi connectivity index (χ1) is 11.3. The number of hydrogen-bond donors (Lipinski definition) is 3. The molecule has 2 heterocycles. The number of H-pyrrole nitrogens is 1. The van der Waals surface area contributed by atoms with Gasteiger partial charge >= 0.3 is 0 Å². The van der Waals surface area contributed by atoms with Crippen LogP contribution in [0.15, 0.2) is 24.3 Å². The summed E-state index contributed by atoms with van der Waals surface area (Å²) >= 11 is 0. The first-order valence-corrected chi connectivity index (χ1v) is 8.94. The Kier molecular flexibility index (Phi) is 2.63. The van der Waals surface area contributed by atoms with Gasteiger partial charge in [0.1, 0.15) is 0 Å². The molecule has 3 N–H and O–H groups in total. The van der Waals surface area contributed by atoms with Gasteiger partial charge in [-0.15, -0.1) is 0 Å². The predicted molar refractivity (Wildman–Crippen MR) is 93.2 cm³/mol. The van der Waals surface area contributed by atoms with Crippen LogP contribution in [0.3, 0.4) is 0 Å². The van der Waals surface area contributed by atoms with Gasteiger partial charge in [-0.25, -0.2) is 0 Å². The Morgan fingerprint density at radius 3 is 2.71 bits per heavy atom. The molecular formula is C20H24N2O2. The lowest BCUT2D eigenvalue weighted by Crippen LogP contribution is -2.71. The van der Waals surface area contributed by atoms with Crippen molar-refractivity contribution in [1.29, 1.82) is 0 Å². The number of para-hydroxylation sites is 1. The minimum atomic E-state index is -0.345. The number of aromatic amines is 1. The molecule has 2 aliphatic carbocycles. The molecule has 24 heavy (non-hydrogen) atoms. The monoisotopic (exact) mass is 324 g/mol. The highest BCUT2D eigenvalue weighted by Crippen LogP contribution is 2.56. The quantitative estimate of drug-likeness (QED) is 0.698. The van der Waals surface area contributed by atoms with Crippen molar-refractivity contribution in [2.24, 2.45) is 11.8 Å². The van der Waals surface area contributed by atoms with Gasteiger partial charge in [-0.2, -0.15) is 0 Å². The zero-order valence-electron chi connectivity index (χ0n) is 14.4. The van der Waals surface area contributed by atoms with E-state index in [2.05, 4.69) is 31.1 Å². The number of nitrogens with one attached hydrogen (secondary N) is 2. The highest BCUT2D eigenvalue weighted by molar-refractivity contribution is 6.13. The molecule has 4 nitrogen and oxygen atoms in total. The lowest BCUT2D eigenvalue weighted by Gasteiger charge is -2.60. The molecule has 0 unspecified atom stereocenters. The predicted octanol–water partition coefficient (Wildman–Crippen LogP) is 2.76. The van der Waals surface area contributed by atoms with Crippen LogP contribution in [0, 0.1) is 11.8 Å². The molecular weight excluding hydrogens is 300 g/mol. The molecule has 3 aliphatic rings. The Bertz CT molecular complexity index is 868. The van der Waals surface area contributed by atoms with E-state index in [1.165, 1.54) is 0 Å². The topological polar surface area (TPSA) is 65.1 Å². The summed E-state index contributed by atoms with van der Waals surface area (Å²) in [6.45, 7) is 6.47. The maximum absolute atomic E-state index is 13.4. The highest BCUT2D eigenvalue weighted by Gasteiger charge is 2.61. The van der Waals surface area contributed by atoms with E-state index < -0.39 is 0 Å². The Hall–Kier alpha value is -1.65. The third-order valence-electron chi connectivity index (χ3n) is 7.09. The lowest BCUT2D eigenvalue weighted by atomic mass is 9.50. The van der Waals surface area contributed by atoms with Gasteiger partial charge in [-0.05, 0) is 38.7 Å². The molecule has 5 atom stereocenters. The Morgan fingerprint density at radius 1 is 1.17 bits per heavy atom. The maximum atomic E-state index is 13.4. The highest BCUT2D eigenvalue weighted by atomic mass is 16.3. The van der Waals surface area contributed by atoms with Crippen LogP contribution in [-0.2, 0) is 5.41 Å². The van der Waals surface area contributed by atoms with Crippen molar-refractivity contribution < 1.29 is 9.90 Å². The van der Waals surface area contributed by atoms with Gasteiger partial charge in [0.15, 0.2) is 5.78 Å². The molecule has 2 fully saturated rings. The number of benzene rings is 1. The van der Waals surface area contributed by atoms with Crippen LogP contribution >= 0.6 is 0 Å². The SMILES string of the molecule is CC1(C)N[C@@H]2C(=O)c3c([nH]c4ccccc34)[C@]3(C)C[C@@H](O)[C@H]1C[C@H]23. The van der Waals surface area contributed by atoms with Crippen LogP contribution in [0.4, 0.5) is 0 Å². The summed E-state index contributed by atoms with van der Waals surface area (Å²) < 4.78 is 0. The molecule has 2 aromatic rings. The number of aliphatic hydroxyl groups is 1. The Labute approximate surface area is 141 Å². The number of Topliss-reactive ketones (excluding diaryl/α,β-unsaturated/α-hetero) is 1. The smallest absolute Gasteiger partial charge is 0.182 e. The Balaban J connectivity index is 1.80. The van der Waals surface area contributed by atoms with E-state index in [-0.39, 0.29) is 40.7 Å². The summed E-state index contributed by atoms with van der Waals surface area (Å²) in [4.78, 5) is 16.9. The fraction of sp³-hybridized carbons (Fsp3) is 0.550. The molecule has 1 aromatic carbocycles. The number of ketones is 1. The molecule has 2 bridgehead atoms. The molecule has 4 heteroatoms. The number of hydrogen-bond acceptors (Lipinski definition) is 3. The second-order valence-corrected chi connectivity index (χ2v) is 8.77. The van der Waals surface area contributed by atoms with Crippen molar-refractivity contribution in [3.05, 3.63) is 35.5 Å². The zero-order valence-corrected chi connectivity index (χ0v) is 14.4. The van der Waals surface area contributed by atoms with E-state index in [0.29, 0.717) is 0 Å². The molecule has 1 saturated heterocycles. The van der Waals surface area contributed by atoms with Crippen LogP contribution in [0.25, 0.3) is 10.9 Å². The lowest BCUT2D eigenvalue weighted by molar-refractivity contribution is -0.0755. The van der Waals surface area contributed by atoms with Gasteiger partial charge in [0.25, 0.3) is 0 Å². The molecule has 0 spiro atoms. The van der Waals surface area contributed by atoms with Gasteiger partial charge in [-0.1, -0.05) is 25.1 Å². The van der Waals surface area contributed by atoms with E-state index in [0.717, 1.165) is 35.0 Å². The van der Waals surface area contributed by atoms with Crippen LogP contribution in [0.5, 0.6) is 0 Å². The van der Waals surface area contributed by atoms with Crippen LogP contribution in [0.1, 0.15) is 49.7 Å². The number of piperidine rings is 1. The summed E-state index contributed by atoms with van der Waals surface area (Å²) in [6, 6.07) is 7.90. The van der Waals surface area contributed by atoms with Crippen LogP contribution in [0.2, 0.25) is 0 Å². The van der Waals surface area contributed by atoms with Crippen molar-refractivity contribution in [3.63, 3.8) is 0 Å². The summed E-state index contributed by atoms with van der Waals surface area (Å²) in [5.41, 5.74) is 2.49. The fourth-order valence-corrected chi connectivity index (χ4v) is 5.82. The largest absolute Gasteiger partial charge is 0.393 e. The van der Waals surface area contributed by atoms with Gasteiger partial charge in [0, 0.05) is 39.0 Å². The number of aliphatic hydroxyl groups excluding tert-OH is 1. The summed E-state index contributed by atoms with van der Waals surface area (Å²) in [5.74, 6) is 0.658. The van der Waals surface area contributed by atoms with Crippen molar-refractivity contribution in [2.75, 3.05) is 0 Å². The van der Waals surface area contributed by atoms with Crippen molar-refractivity contribution in [1.82, 2.24) is 10.3 Å². The third-order valence-corrected chi connectivity index (χ3v) is 7.09.